The van der Waals surface area contributed by atoms with Gasteiger partial charge in [-0.1, -0.05) is 23.2 Å². The molecule has 0 amide bonds. The average Bonchev–Trinajstić information content (AvgIpc) is 2.32. The summed E-state index contributed by atoms with van der Waals surface area (Å²) in [7, 11) is 0. The molecule has 0 fully saturated rings. The number of fused-ring (bicyclic) bond motifs is 1. The van der Waals surface area contributed by atoms with Crippen LogP contribution in [0, 0.1) is 5.82 Å². The highest BCUT2D eigenvalue weighted by molar-refractivity contribution is 6.39. The summed E-state index contributed by atoms with van der Waals surface area (Å²) in [5.41, 5.74) is 0.462. The fourth-order valence-electron chi connectivity index (χ4n) is 1.51. The summed E-state index contributed by atoms with van der Waals surface area (Å²) in [6.07, 6.45) is 1.26. The Morgan fingerprint density at radius 1 is 1.44 bits per heavy atom. The largest absolute Gasteiger partial charge is 0.462 e. The van der Waals surface area contributed by atoms with E-state index in [4.69, 9.17) is 27.9 Å². The summed E-state index contributed by atoms with van der Waals surface area (Å²) in [5, 5.41) is 0.487. The number of benzene rings is 1. The summed E-state index contributed by atoms with van der Waals surface area (Å²) in [5.74, 6) is -1.16. The van der Waals surface area contributed by atoms with Crippen LogP contribution in [0.4, 0.5) is 4.39 Å². The minimum absolute atomic E-state index is 0.0767. The standard InChI is InChI=1S/C12H8Cl2FNO2/c1-2-18-12(17)7-5-16-10-4-9(15)8(13)3-6(10)11(7)14/h3-5H,2H2,1H3. The van der Waals surface area contributed by atoms with E-state index in [1.807, 2.05) is 0 Å². The van der Waals surface area contributed by atoms with Crippen LogP contribution in [0.5, 0.6) is 0 Å². The Morgan fingerprint density at radius 2 is 2.17 bits per heavy atom. The molecule has 0 saturated carbocycles. The lowest BCUT2D eigenvalue weighted by molar-refractivity contribution is 0.0526. The zero-order valence-corrected chi connectivity index (χ0v) is 10.8. The second kappa shape index (κ2) is 5.08. The third kappa shape index (κ3) is 2.26. The molecule has 1 aromatic carbocycles. The van der Waals surface area contributed by atoms with Gasteiger partial charge in [-0.3, -0.25) is 4.98 Å². The summed E-state index contributed by atoms with van der Waals surface area (Å²) in [4.78, 5) is 15.6. The molecule has 3 nitrogen and oxygen atoms in total. The third-order valence-electron chi connectivity index (χ3n) is 2.34. The Morgan fingerprint density at radius 3 is 2.83 bits per heavy atom. The number of esters is 1. The Labute approximate surface area is 112 Å². The van der Waals surface area contributed by atoms with E-state index < -0.39 is 11.8 Å². The minimum atomic E-state index is -0.586. The van der Waals surface area contributed by atoms with E-state index in [0.29, 0.717) is 10.9 Å². The van der Waals surface area contributed by atoms with Crippen molar-refractivity contribution in [3.05, 3.63) is 39.8 Å². The Balaban J connectivity index is 2.63. The smallest absolute Gasteiger partial charge is 0.341 e. The lowest BCUT2D eigenvalue weighted by Crippen LogP contribution is -2.06. The topological polar surface area (TPSA) is 39.2 Å². The molecule has 0 aliphatic carbocycles. The van der Waals surface area contributed by atoms with Crippen molar-refractivity contribution >= 4 is 40.1 Å². The van der Waals surface area contributed by atoms with Gasteiger partial charge < -0.3 is 4.74 Å². The maximum absolute atomic E-state index is 13.3. The second-order valence-electron chi connectivity index (χ2n) is 3.49. The van der Waals surface area contributed by atoms with Crippen LogP contribution in [0.1, 0.15) is 17.3 Å². The first-order chi connectivity index (χ1) is 8.54. The van der Waals surface area contributed by atoms with Crippen LogP contribution in [-0.4, -0.2) is 17.6 Å². The molecular weight excluding hydrogens is 280 g/mol. The lowest BCUT2D eigenvalue weighted by atomic mass is 10.1. The zero-order valence-electron chi connectivity index (χ0n) is 9.34. The first-order valence-electron chi connectivity index (χ1n) is 5.15. The van der Waals surface area contributed by atoms with Crippen LogP contribution in [0.25, 0.3) is 10.9 Å². The lowest BCUT2D eigenvalue weighted by Gasteiger charge is -2.07. The van der Waals surface area contributed by atoms with Crippen molar-refractivity contribution in [1.29, 1.82) is 0 Å². The van der Waals surface area contributed by atoms with Crippen molar-refractivity contribution in [3.63, 3.8) is 0 Å². The zero-order chi connectivity index (χ0) is 13.3. The SMILES string of the molecule is CCOC(=O)c1cnc2cc(F)c(Cl)cc2c1Cl. The van der Waals surface area contributed by atoms with Crippen LogP contribution in [0.3, 0.4) is 0 Å². The summed E-state index contributed by atoms with van der Waals surface area (Å²) in [6.45, 7) is 1.92. The number of ether oxygens (including phenoxy) is 1. The van der Waals surface area contributed by atoms with Gasteiger partial charge in [0.05, 0.1) is 27.7 Å². The number of pyridine rings is 1. The number of nitrogens with zero attached hydrogens (tertiary/aromatic N) is 1. The summed E-state index contributed by atoms with van der Waals surface area (Å²) >= 11 is 11.7. The van der Waals surface area contributed by atoms with Crippen molar-refractivity contribution in [2.24, 2.45) is 0 Å². The molecule has 0 aliphatic rings. The highest BCUT2D eigenvalue weighted by Gasteiger charge is 2.16. The second-order valence-corrected chi connectivity index (χ2v) is 4.27. The maximum Gasteiger partial charge on any atom is 0.341 e. The summed E-state index contributed by atoms with van der Waals surface area (Å²) in [6, 6.07) is 2.50. The van der Waals surface area contributed by atoms with Crippen LogP contribution >= 0.6 is 23.2 Å². The van der Waals surface area contributed by atoms with Gasteiger partial charge in [0.15, 0.2) is 0 Å². The van der Waals surface area contributed by atoms with E-state index in [2.05, 4.69) is 4.98 Å². The molecule has 0 spiro atoms. The van der Waals surface area contributed by atoms with Crippen molar-refractivity contribution < 1.29 is 13.9 Å². The minimum Gasteiger partial charge on any atom is -0.462 e. The number of aromatic nitrogens is 1. The van der Waals surface area contributed by atoms with Crippen LogP contribution in [0.15, 0.2) is 18.3 Å². The van der Waals surface area contributed by atoms with Gasteiger partial charge in [0.1, 0.15) is 5.82 Å². The highest BCUT2D eigenvalue weighted by Crippen LogP contribution is 2.30. The van der Waals surface area contributed by atoms with Crippen molar-refractivity contribution in [2.45, 2.75) is 6.92 Å². The van der Waals surface area contributed by atoms with Gasteiger partial charge in [-0.05, 0) is 13.0 Å². The average molecular weight is 288 g/mol. The van der Waals surface area contributed by atoms with Gasteiger partial charge >= 0.3 is 5.97 Å². The van der Waals surface area contributed by atoms with Gasteiger partial charge in [0.2, 0.25) is 0 Å². The highest BCUT2D eigenvalue weighted by atomic mass is 35.5. The monoisotopic (exact) mass is 287 g/mol. The van der Waals surface area contributed by atoms with Gasteiger partial charge in [-0.15, -0.1) is 0 Å². The van der Waals surface area contributed by atoms with E-state index in [-0.39, 0.29) is 22.2 Å². The predicted molar refractivity (Wildman–Crippen MR) is 67.7 cm³/mol. The van der Waals surface area contributed by atoms with Gasteiger partial charge in [-0.25, -0.2) is 9.18 Å². The number of carbonyl (C=O) groups is 1. The Hall–Kier alpha value is -1.39. The molecule has 0 saturated heterocycles. The number of carbonyl (C=O) groups excluding carboxylic acids is 1. The van der Waals surface area contributed by atoms with E-state index in [9.17, 15) is 9.18 Å². The fraction of sp³-hybridized carbons (Fsp3) is 0.167. The van der Waals surface area contributed by atoms with Gasteiger partial charge in [-0.2, -0.15) is 0 Å². The van der Waals surface area contributed by atoms with Crippen molar-refractivity contribution in [1.82, 2.24) is 4.98 Å². The third-order valence-corrected chi connectivity index (χ3v) is 3.04. The molecule has 6 heteroatoms. The molecule has 18 heavy (non-hydrogen) atoms. The molecule has 1 aromatic heterocycles. The molecule has 0 radical (unpaired) electrons. The molecule has 0 bridgehead atoms. The van der Waals surface area contributed by atoms with Gasteiger partial charge in [0.25, 0.3) is 0 Å². The van der Waals surface area contributed by atoms with E-state index >= 15 is 0 Å². The Bertz CT molecular complexity index is 631. The van der Waals surface area contributed by atoms with Crippen molar-refractivity contribution in [2.75, 3.05) is 6.61 Å². The number of hydrogen-bond donors (Lipinski definition) is 0. The molecule has 2 aromatic rings. The quantitative estimate of drug-likeness (QED) is 0.788. The molecular formula is C12H8Cl2FNO2. The summed E-state index contributed by atoms with van der Waals surface area (Å²) < 4.78 is 18.1. The molecule has 0 unspecified atom stereocenters. The van der Waals surface area contributed by atoms with E-state index in [0.717, 1.165) is 0 Å². The van der Waals surface area contributed by atoms with E-state index in [1.165, 1.54) is 18.3 Å². The molecule has 0 atom stereocenters. The molecule has 2 rings (SSSR count). The molecule has 94 valence electrons. The maximum atomic E-state index is 13.3. The van der Waals surface area contributed by atoms with Crippen molar-refractivity contribution in [3.8, 4) is 0 Å². The van der Waals surface area contributed by atoms with Crippen LogP contribution in [0.2, 0.25) is 10.0 Å². The first-order valence-corrected chi connectivity index (χ1v) is 5.90. The number of halogens is 3. The normalized spacial score (nSPS) is 10.7. The Kier molecular flexibility index (Phi) is 3.68. The molecule has 1 heterocycles. The number of hydrogen-bond acceptors (Lipinski definition) is 3. The molecule has 0 N–H and O–H groups in total. The predicted octanol–water partition coefficient (Wildman–Crippen LogP) is 3.86. The first kappa shape index (κ1) is 13.1. The van der Waals surface area contributed by atoms with Crippen LogP contribution in [-0.2, 0) is 4.74 Å². The van der Waals surface area contributed by atoms with Crippen LogP contribution < -0.4 is 0 Å². The number of rotatable bonds is 2. The fourth-order valence-corrected chi connectivity index (χ4v) is 1.95. The van der Waals surface area contributed by atoms with E-state index in [1.54, 1.807) is 6.92 Å². The van der Waals surface area contributed by atoms with Gasteiger partial charge in [0, 0.05) is 17.6 Å². The molecule has 0 aliphatic heterocycles.